The van der Waals surface area contributed by atoms with Gasteiger partial charge in [0.25, 0.3) is 0 Å². The average molecular weight is 849 g/mol. The molecule has 0 aromatic heterocycles. The molecule has 0 aromatic rings. The van der Waals surface area contributed by atoms with Crippen LogP contribution in [-0.4, -0.2) is 37.2 Å². The molecule has 0 saturated carbocycles. The van der Waals surface area contributed by atoms with Crippen molar-refractivity contribution in [1.82, 2.24) is 0 Å². The van der Waals surface area contributed by atoms with Crippen molar-refractivity contribution in [3.05, 3.63) is 0 Å². The van der Waals surface area contributed by atoms with Gasteiger partial charge in [-0.2, -0.15) is 0 Å². The smallest absolute Gasteiger partial charge is 0.306 e. The molecule has 1 atom stereocenters. The zero-order valence-corrected chi connectivity index (χ0v) is 40.8. The topological polar surface area (TPSA) is 78.9 Å². The lowest BCUT2D eigenvalue weighted by Crippen LogP contribution is -2.30. The number of esters is 3. The van der Waals surface area contributed by atoms with Gasteiger partial charge in [-0.25, -0.2) is 0 Å². The molecule has 0 saturated heterocycles. The SMILES string of the molecule is CCCCCCCCCCCCCCCCCCCCC(=O)OC[C@@H](COC(=O)CCCCCCCCCCCC)OC(=O)CCCCCCCCCCCCCCCC. The van der Waals surface area contributed by atoms with Crippen molar-refractivity contribution >= 4 is 17.9 Å². The molecule has 0 rings (SSSR count). The first kappa shape index (κ1) is 58.4. The van der Waals surface area contributed by atoms with E-state index in [2.05, 4.69) is 20.8 Å². The van der Waals surface area contributed by atoms with Gasteiger partial charge in [0.05, 0.1) is 0 Å². The summed E-state index contributed by atoms with van der Waals surface area (Å²) in [7, 11) is 0. The second-order valence-corrected chi connectivity index (χ2v) is 18.5. The highest BCUT2D eigenvalue weighted by Crippen LogP contribution is 2.17. The van der Waals surface area contributed by atoms with Crippen LogP contribution in [0.25, 0.3) is 0 Å². The zero-order valence-electron chi connectivity index (χ0n) is 40.8. The third kappa shape index (κ3) is 47.5. The Morgan fingerprint density at radius 2 is 0.450 bits per heavy atom. The third-order valence-electron chi connectivity index (χ3n) is 12.4. The van der Waals surface area contributed by atoms with Crippen molar-refractivity contribution in [2.75, 3.05) is 13.2 Å². The van der Waals surface area contributed by atoms with Gasteiger partial charge in [-0.3, -0.25) is 14.4 Å². The van der Waals surface area contributed by atoms with Gasteiger partial charge in [-0.15, -0.1) is 0 Å². The molecule has 0 aliphatic heterocycles. The molecule has 0 aliphatic rings. The third-order valence-corrected chi connectivity index (χ3v) is 12.4. The monoisotopic (exact) mass is 849 g/mol. The Morgan fingerprint density at radius 3 is 0.667 bits per heavy atom. The predicted octanol–water partition coefficient (Wildman–Crippen LogP) is 17.6. The van der Waals surface area contributed by atoms with E-state index in [1.165, 1.54) is 212 Å². The number of carbonyl (C=O) groups is 3. The first-order valence-corrected chi connectivity index (χ1v) is 27.0. The fraction of sp³-hybridized carbons (Fsp3) is 0.944. The lowest BCUT2D eigenvalue weighted by Gasteiger charge is -2.18. The summed E-state index contributed by atoms with van der Waals surface area (Å²) in [4.78, 5) is 37.9. The van der Waals surface area contributed by atoms with E-state index >= 15 is 0 Å². The maximum Gasteiger partial charge on any atom is 0.306 e. The summed E-state index contributed by atoms with van der Waals surface area (Å²) in [5, 5.41) is 0. The second-order valence-electron chi connectivity index (χ2n) is 18.5. The van der Waals surface area contributed by atoms with Crippen molar-refractivity contribution in [3.8, 4) is 0 Å². The van der Waals surface area contributed by atoms with Gasteiger partial charge in [-0.05, 0) is 19.3 Å². The Hall–Kier alpha value is -1.59. The van der Waals surface area contributed by atoms with Gasteiger partial charge in [0, 0.05) is 19.3 Å². The van der Waals surface area contributed by atoms with Crippen molar-refractivity contribution < 1.29 is 28.6 Å². The first-order valence-electron chi connectivity index (χ1n) is 27.0. The number of hydrogen-bond donors (Lipinski definition) is 0. The minimum absolute atomic E-state index is 0.0616. The van der Waals surface area contributed by atoms with Crippen LogP contribution in [-0.2, 0) is 28.6 Å². The van der Waals surface area contributed by atoms with Crippen LogP contribution in [0.15, 0.2) is 0 Å². The van der Waals surface area contributed by atoms with Crippen LogP contribution in [0.5, 0.6) is 0 Å². The lowest BCUT2D eigenvalue weighted by atomic mass is 10.0. The Kier molecular flexibility index (Phi) is 48.7. The molecule has 0 unspecified atom stereocenters. The molecule has 0 aromatic carbocycles. The van der Waals surface area contributed by atoms with Crippen LogP contribution in [0.4, 0.5) is 0 Å². The summed E-state index contributed by atoms with van der Waals surface area (Å²) in [5.74, 6) is -0.840. The highest BCUT2D eigenvalue weighted by molar-refractivity contribution is 5.71. The summed E-state index contributed by atoms with van der Waals surface area (Å²) in [6.45, 7) is 6.68. The van der Waals surface area contributed by atoms with E-state index in [4.69, 9.17) is 14.2 Å². The van der Waals surface area contributed by atoms with Crippen LogP contribution in [0.3, 0.4) is 0 Å². The van der Waals surface area contributed by atoms with Crippen molar-refractivity contribution in [1.29, 1.82) is 0 Å². The van der Waals surface area contributed by atoms with Crippen LogP contribution >= 0.6 is 0 Å². The number of hydrogen-bond acceptors (Lipinski definition) is 6. The molecule has 6 nitrogen and oxygen atoms in total. The Morgan fingerprint density at radius 1 is 0.267 bits per heavy atom. The minimum Gasteiger partial charge on any atom is -0.462 e. The van der Waals surface area contributed by atoms with Gasteiger partial charge in [0.2, 0.25) is 0 Å². The summed E-state index contributed by atoms with van der Waals surface area (Å²) >= 11 is 0. The van der Waals surface area contributed by atoms with E-state index < -0.39 is 6.10 Å². The van der Waals surface area contributed by atoms with E-state index in [-0.39, 0.29) is 31.1 Å². The van der Waals surface area contributed by atoms with E-state index in [1.807, 2.05) is 0 Å². The molecular weight excluding hydrogens is 745 g/mol. The lowest BCUT2D eigenvalue weighted by molar-refractivity contribution is -0.167. The zero-order chi connectivity index (χ0) is 43.7. The number of rotatable bonds is 50. The molecule has 0 heterocycles. The van der Waals surface area contributed by atoms with Crippen LogP contribution in [0, 0.1) is 0 Å². The molecule has 0 radical (unpaired) electrons. The highest BCUT2D eigenvalue weighted by Gasteiger charge is 2.19. The highest BCUT2D eigenvalue weighted by atomic mass is 16.6. The van der Waals surface area contributed by atoms with Crippen molar-refractivity contribution in [2.24, 2.45) is 0 Å². The molecule has 0 aliphatic carbocycles. The number of carbonyl (C=O) groups excluding carboxylic acids is 3. The van der Waals surface area contributed by atoms with Crippen LogP contribution in [0.2, 0.25) is 0 Å². The molecule has 356 valence electrons. The first-order chi connectivity index (χ1) is 29.5. The number of unbranched alkanes of at least 4 members (excludes halogenated alkanes) is 39. The summed E-state index contributed by atoms with van der Waals surface area (Å²) < 4.78 is 16.8. The van der Waals surface area contributed by atoms with Gasteiger partial charge in [0.15, 0.2) is 6.10 Å². The van der Waals surface area contributed by atoms with E-state index in [0.29, 0.717) is 19.3 Å². The number of ether oxygens (including phenoxy) is 3. The average Bonchev–Trinajstić information content (AvgIpc) is 3.24. The molecular formula is C54H104O6. The molecule has 0 fully saturated rings. The van der Waals surface area contributed by atoms with Gasteiger partial charge >= 0.3 is 17.9 Å². The minimum atomic E-state index is -0.759. The predicted molar refractivity (Wildman–Crippen MR) is 257 cm³/mol. The standard InChI is InChI=1S/C54H104O6/c1-4-7-10-13-16-19-22-24-26-27-28-29-31-32-35-38-41-44-47-53(56)59-50-51(49-58-52(55)46-43-40-37-34-21-18-15-12-9-6-3)60-54(57)48-45-42-39-36-33-30-25-23-20-17-14-11-8-5-2/h51H,4-50H2,1-3H3/t51-/m1/s1. The fourth-order valence-electron chi connectivity index (χ4n) is 8.27. The fourth-order valence-corrected chi connectivity index (χ4v) is 8.27. The maximum absolute atomic E-state index is 12.8. The quantitative estimate of drug-likeness (QED) is 0.0345. The molecule has 6 heteroatoms. The molecule has 0 N–H and O–H groups in total. The molecule has 0 spiro atoms. The van der Waals surface area contributed by atoms with Crippen LogP contribution < -0.4 is 0 Å². The van der Waals surface area contributed by atoms with Gasteiger partial charge in [-0.1, -0.05) is 271 Å². The Bertz CT molecular complexity index is 889. The summed E-state index contributed by atoms with van der Waals surface area (Å²) in [6.07, 6.45) is 53.7. The van der Waals surface area contributed by atoms with Gasteiger partial charge in [0.1, 0.15) is 13.2 Å². The van der Waals surface area contributed by atoms with E-state index in [0.717, 1.165) is 57.8 Å². The molecule has 0 bridgehead atoms. The summed E-state index contributed by atoms with van der Waals surface area (Å²) in [5.41, 5.74) is 0. The second kappa shape index (κ2) is 50.1. The van der Waals surface area contributed by atoms with Crippen molar-refractivity contribution in [3.63, 3.8) is 0 Å². The molecule has 60 heavy (non-hydrogen) atoms. The van der Waals surface area contributed by atoms with Gasteiger partial charge < -0.3 is 14.2 Å². The van der Waals surface area contributed by atoms with E-state index in [9.17, 15) is 14.4 Å². The van der Waals surface area contributed by atoms with Crippen molar-refractivity contribution in [2.45, 2.75) is 316 Å². The van der Waals surface area contributed by atoms with Crippen LogP contribution in [0.1, 0.15) is 310 Å². The Balaban J connectivity index is 4.24. The Labute approximate surface area is 374 Å². The van der Waals surface area contributed by atoms with E-state index in [1.54, 1.807) is 0 Å². The largest absolute Gasteiger partial charge is 0.462 e. The summed E-state index contributed by atoms with van der Waals surface area (Å²) in [6, 6.07) is 0. The normalized spacial score (nSPS) is 11.8. The molecule has 0 amide bonds. The maximum atomic E-state index is 12.8.